The van der Waals surface area contributed by atoms with E-state index in [1.54, 1.807) is 11.3 Å². The molecule has 0 saturated heterocycles. The molecule has 5 heteroatoms. The third-order valence-corrected chi connectivity index (χ3v) is 3.97. The predicted octanol–water partition coefficient (Wildman–Crippen LogP) is 3.51. The van der Waals surface area contributed by atoms with Crippen molar-refractivity contribution in [2.75, 3.05) is 6.54 Å². The third kappa shape index (κ3) is 3.83. The van der Waals surface area contributed by atoms with Crippen LogP contribution < -0.4 is 5.32 Å². The van der Waals surface area contributed by atoms with Crippen LogP contribution in [0.3, 0.4) is 0 Å². The highest BCUT2D eigenvalue weighted by molar-refractivity contribution is 7.16. The van der Waals surface area contributed by atoms with Gasteiger partial charge in [0, 0.05) is 30.2 Å². The average molecular weight is 284 g/mol. The van der Waals surface area contributed by atoms with Crippen LogP contribution in [0.15, 0.2) is 24.4 Å². The second kappa shape index (κ2) is 6.36. The van der Waals surface area contributed by atoms with E-state index in [1.165, 1.54) is 4.88 Å². The van der Waals surface area contributed by atoms with Gasteiger partial charge in [-0.25, -0.2) is 0 Å². The Balaban J connectivity index is 1.71. The fraction of sp³-hybridized carbons (Fsp3) is 0.462. The zero-order valence-electron chi connectivity index (χ0n) is 10.7. The Morgan fingerprint density at radius 2 is 2.22 bits per heavy atom. The highest BCUT2D eigenvalue weighted by Crippen LogP contribution is 2.21. The normalized spacial score (nSPS) is 11.3. The number of thiophene rings is 1. The van der Waals surface area contributed by atoms with Gasteiger partial charge in [-0.2, -0.15) is 5.10 Å². The molecule has 0 aliphatic rings. The molecule has 3 nitrogen and oxygen atoms in total. The molecule has 2 aromatic heterocycles. The van der Waals surface area contributed by atoms with Crippen LogP contribution in [0.2, 0.25) is 4.34 Å². The van der Waals surface area contributed by atoms with Crippen molar-refractivity contribution in [3.63, 3.8) is 0 Å². The first-order valence-corrected chi connectivity index (χ1v) is 7.33. The van der Waals surface area contributed by atoms with Gasteiger partial charge in [-0.1, -0.05) is 11.6 Å². The van der Waals surface area contributed by atoms with Crippen molar-refractivity contribution in [2.45, 2.75) is 32.9 Å². The van der Waals surface area contributed by atoms with E-state index in [0.29, 0.717) is 6.04 Å². The van der Waals surface area contributed by atoms with Crippen LogP contribution in [-0.2, 0) is 13.0 Å². The van der Waals surface area contributed by atoms with Gasteiger partial charge < -0.3 is 5.32 Å². The Labute approximate surface area is 117 Å². The van der Waals surface area contributed by atoms with Crippen LogP contribution in [0.1, 0.15) is 30.5 Å². The van der Waals surface area contributed by atoms with E-state index in [0.717, 1.165) is 29.5 Å². The molecule has 0 bridgehead atoms. The Bertz CT molecular complexity index is 490. The van der Waals surface area contributed by atoms with Gasteiger partial charge in [0.05, 0.1) is 10.0 Å². The lowest BCUT2D eigenvalue weighted by atomic mass is 10.3. The summed E-state index contributed by atoms with van der Waals surface area (Å²) in [6.07, 6.45) is 3.04. The van der Waals surface area contributed by atoms with Gasteiger partial charge in [0.25, 0.3) is 0 Å². The quantitative estimate of drug-likeness (QED) is 0.822. The molecule has 18 heavy (non-hydrogen) atoms. The molecule has 0 spiro atoms. The number of halogens is 1. The van der Waals surface area contributed by atoms with Crippen LogP contribution in [0.5, 0.6) is 0 Å². The number of nitrogens with one attached hydrogen (secondary N) is 1. The van der Waals surface area contributed by atoms with E-state index in [1.807, 2.05) is 16.9 Å². The van der Waals surface area contributed by atoms with Crippen molar-refractivity contribution in [3.05, 3.63) is 39.3 Å². The summed E-state index contributed by atoms with van der Waals surface area (Å²) in [6.45, 7) is 6.03. The molecule has 0 aromatic carbocycles. The van der Waals surface area contributed by atoms with Crippen LogP contribution in [0, 0.1) is 0 Å². The lowest BCUT2D eigenvalue weighted by Gasteiger charge is -2.04. The summed E-state index contributed by atoms with van der Waals surface area (Å²) < 4.78 is 2.84. The van der Waals surface area contributed by atoms with Crippen molar-refractivity contribution in [3.8, 4) is 0 Å². The Morgan fingerprint density at radius 1 is 1.39 bits per heavy atom. The highest BCUT2D eigenvalue weighted by Gasteiger charge is 2.02. The lowest BCUT2D eigenvalue weighted by Crippen LogP contribution is -2.17. The molecule has 0 aliphatic carbocycles. The summed E-state index contributed by atoms with van der Waals surface area (Å²) in [5.74, 6) is 0. The van der Waals surface area contributed by atoms with E-state index in [4.69, 9.17) is 11.6 Å². The van der Waals surface area contributed by atoms with Gasteiger partial charge in [-0.05, 0) is 38.5 Å². The molecule has 2 rings (SSSR count). The molecular formula is C13H18ClN3S. The van der Waals surface area contributed by atoms with Crippen molar-refractivity contribution in [2.24, 2.45) is 0 Å². The summed E-state index contributed by atoms with van der Waals surface area (Å²) in [4.78, 5) is 1.32. The first kappa shape index (κ1) is 13.6. The van der Waals surface area contributed by atoms with Crippen molar-refractivity contribution in [1.29, 1.82) is 0 Å². The van der Waals surface area contributed by atoms with Crippen molar-refractivity contribution >= 4 is 22.9 Å². The molecule has 0 saturated carbocycles. The van der Waals surface area contributed by atoms with E-state index in [9.17, 15) is 0 Å². The first-order chi connectivity index (χ1) is 8.65. The van der Waals surface area contributed by atoms with Gasteiger partial charge in [0.15, 0.2) is 0 Å². The predicted molar refractivity (Wildman–Crippen MR) is 77.4 cm³/mol. The Hall–Kier alpha value is -0.840. The fourth-order valence-corrected chi connectivity index (χ4v) is 2.76. The second-order valence-electron chi connectivity index (χ2n) is 4.51. The summed E-state index contributed by atoms with van der Waals surface area (Å²) in [6, 6.07) is 6.52. The third-order valence-electron chi connectivity index (χ3n) is 2.68. The maximum absolute atomic E-state index is 5.89. The van der Waals surface area contributed by atoms with Crippen LogP contribution >= 0.6 is 22.9 Å². The SMILES string of the molecule is CC(C)n1ccc(CNCCc2ccc(Cl)s2)n1. The van der Waals surface area contributed by atoms with Gasteiger partial charge in [0.1, 0.15) is 0 Å². The molecule has 98 valence electrons. The van der Waals surface area contributed by atoms with Gasteiger partial charge in [-0.15, -0.1) is 11.3 Å². The molecule has 0 aliphatic heterocycles. The van der Waals surface area contributed by atoms with Gasteiger partial charge in [0.2, 0.25) is 0 Å². The molecule has 0 radical (unpaired) electrons. The maximum atomic E-state index is 5.89. The van der Waals surface area contributed by atoms with Crippen molar-refractivity contribution in [1.82, 2.24) is 15.1 Å². The monoisotopic (exact) mass is 283 g/mol. The largest absolute Gasteiger partial charge is 0.311 e. The summed E-state index contributed by atoms with van der Waals surface area (Å²) >= 11 is 7.53. The minimum atomic E-state index is 0.423. The number of hydrogen-bond donors (Lipinski definition) is 1. The molecule has 0 amide bonds. The maximum Gasteiger partial charge on any atom is 0.0931 e. The zero-order chi connectivity index (χ0) is 13.0. The van der Waals surface area contributed by atoms with Gasteiger partial charge >= 0.3 is 0 Å². The Morgan fingerprint density at radius 3 is 2.83 bits per heavy atom. The zero-order valence-corrected chi connectivity index (χ0v) is 12.3. The molecule has 0 fully saturated rings. The van der Waals surface area contributed by atoms with Crippen LogP contribution in [0.25, 0.3) is 0 Å². The summed E-state index contributed by atoms with van der Waals surface area (Å²) in [5.41, 5.74) is 1.09. The van der Waals surface area contributed by atoms with Crippen LogP contribution in [-0.4, -0.2) is 16.3 Å². The van der Waals surface area contributed by atoms with E-state index in [2.05, 4.69) is 36.4 Å². The van der Waals surface area contributed by atoms with Crippen LogP contribution in [0.4, 0.5) is 0 Å². The van der Waals surface area contributed by atoms with E-state index in [-0.39, 0.29) is 0 Å². The number of nitrogens with zero attached hydrogens (tertiary/aromatic N) is 2. The fourth-order valence-electron chi connectivity index (χ4n) is 1.67. The first-order valence-electron chi connectivity index (χ1n) is 6.14. The number of rotatable bonds is 6. The molecular weight excluding hydrogens is 266 g/mol. The van der Waals surface area contributed by atoms with Gasteiger partial charge in [-0.3, -0.25) is 4.68 Å². The van der Waals surface area contributed by atoms with E-state index < -0.39 is 0 Å². The highest BCUT2D eigenvalue weighted by atomic mass is 35.5. The summed E-state index contributed by atoms with van der Waals surface area (Å²) in [7, 11) is 0. The minimum Gasteiger partial charge on any atom is -0.311 e. The molecule has 0 unspecified atom stereocenters. The summed E-state index contributed by atoms with van der Waals surface area (Å²) in [5, 5.41) is 7.89. The average Bonchev–Trinajstić information content (AvgIpc) is 2.93. The molecule has 1 N–H and O–H groups in total. The minimum absolute atomic E-state index is 0.423. The van der Waals surface area contributed by atoms with E-state index >= 15 is 0 Å². The number of hydrogen-bond acceptors (Lipinski definition) is 3. The Kier molecular flexibility index (Phi) is 4.80. The lowest BCUT2D eigenvalue weighted by molar-refractivity contribution is 0.522. The second-order valence-corrected chi connectivity index (χ2v) is 6.31. The molecule has 2 heterocycles. The van der Waals surface area contributed by atoms with Crippen molar-refractivity contribution < 1.29 is 0 Å². The smallest absolute Gasteiger partial charge is 0.0931 e. The number of aromatic nitrogens is 2. The topological polar surface area (TPSA) is 29.9 Å². The molecule has 0 atom stereocenters. The standard InChI is InChI=1S/C13H18ClN3S/c1-10(2)17-8-6-11(16-17)9-15-7-5-12-3-4-13(14)18-12/h3-4,6,8,10,15H,5,7,9H2,1-2H3. The molecule has 2 aromatic rings.